The molecule has 0 radical (unpaired) electrons. The number of ether oxygens (including phenoxy) is 3. The summed E-state index contributed by atoms with van der Waals surface area (Å²) in [7, 11) is 0. The van der Waals surface area contributed by atoms with Gasteiger partial charge in [0.2, 0.25) is 17.7 Å². The molecule has 1 aliphatic rings. The van der Waals surface area contributed by atoms with Crippen LogP contribution in [0.3, 0.4) is 0 Å². The van der Waals surface area contributed by atoms with Gasteiger partial charge in [0.05, 0.1) is 0 Å². The Balaban J connectivity index is 1.70. The van der Waals surface area contributed by atoms with Gasteiger partial charge in [-0.2, -0.15) is 0 Å². The van der Waals surface area contributed by atoms with E-state index in [2.05, 4.69) is 16.0 Å². The second kappa shape index (κ2) is 19.6. The van der Waals surface area contributed by atoms with Crippen molar-refractivity contribution in [1.29, 1.82) is 0 Å². The second-order valence-electron chi connectivity index (χ2n) is 14.6. The first-order valence-corrected chi connectivity index (χ1v) is 17.9. The van der Waals surface area contributed by atoms with E-state index in [0.717, 1.165) is 11.1 Å². The Bertz CT molecular complexity index is 1510. The lowest BCUT2D eigenvalue weighted by atomic mass is 9.98. The van der Waals surface area contributed by atoms with Crippen molar-refractivity contribution in [2.45, 2.75) is 117 Å². The molecule has 2 aromatic rings. The minimum absolute atomic E-state index is 0.0443. The molecule has 0 bridgehead atoms. The van der Waals surface area contributed by atoms with Crippen LogP contribution in [0.2, 0.25) is 0 Å². The average molecular weight is 723 g/mol. The number of nitrogens with zero attached hydrogens (tertiary/aromatic N) is 1. The number of amides is 4. The fourth-order valence-corrected chi connectivity index (χ4v) is 5.66. The van der Waals surface area contributed by atoms with Crippen LogP contribution in [0.15, 0.2) is 60.7 Å². The number of nitrogens with one attached hydrogen (secondary N) is 3. The van der Waals surface area contributed by atoms with Gasteiger partial charge in [0.1, 0.15) is 43.0 Å². The first-order valence-electron chi connectivity index (χ1n) is 17.9. The summed E-state index contributed by atoms with van der Waals surface area (Å²) in [5.41, 5.74) is 0.814. The predicted molar refractivity (Wildman–Crippen MR) is 193 cm³/mol. The number of likely N-dealkylation sites (tertiary alicyclic amines) is 1. The van der Waals surface area contributed by atoms with Gasteiger partial charge < -0.3 is 35.1 Å². The average Bonchev–Trinajstić information content (AvgIpc) is 3.59. The van der Waals surface area contributed by atoms with Crippen molar-refractivity contribution in [2.75, 3.05) is 6.54 Å². The molecule has 0 unspecified atom stereocenters. The van der Waals surface area contributed by atoms with Gasteiger partial charge in [0.15, 0.2) is 0 Å². The number of rotatable bonds is 16. The molecule has 0 aromatic heterocycles. The second-order valence-corrected chi connectivity index (χ2v) is 14.6. The normalized spacial score (nSPS) is 16.0. The molecule has 2 aromatic carbocycles. The van der Waals surface area contributed by atoms with Crippen LogP contribution in [-0.2, 0) is 51.4 Å². The van der Waals surface area contributed by atoms with E-state index in [-0.39, 0.29) is 32.0 Å². The van der Waals surface area contributed by atoms with Crippen molar-refractivity contribution in [3.8, 4) is 0 Å². The van der Waals surface area contributed by atoms with E-state index in [4.69, 9.17) is 14.2 Å². The van der Waals surface area contributed by atoms with Crippen LogP contribution in [0, 0.1) is 11.8 Å². The Labute approximate surface area is 306 Å². The number of carbonyl (C=O) groups is 6. The SMILES string of the molecule is CC(C)[C@H](NC(=O)[C@H](CCC(=O)OC(C)(C)C)NC(=O)OCc1ccccc1)C(=O)N[C@H](C(=O)N1CCC[C@H]1C(=O)OCc1ccccc1)C(C)C. The molecular weight excluding hydrogens is 668 g/mol. The Kier molecular flexibility index (Phi) is 15.6. The molecule has 1 heterocycles. The summed E-state index contributed by atoms with van der Waals surface area (Å²) in [6, 6.07) is 14.1. The van der Waals surface area contributed by atoms with Crippen molar-refractivity contribution < 1.29 is 43.0 Å². The van der Waals surface area contributed by atoms with Crippen molar-refractivity contribution in [1.82, 2.24) is 20.9 Å². The van der Waals surface area contributed by atoms with Crippen LogP contribution < -0.4 is 16.0 Å². The molecule has 1 saturated heterocycles. The number of alkyl carbamates (subject to hydrolysis) is 1. The fourth-order valence-electron chi connectivity index (χ4n) is 5.66. The van der Waals surface area contributed by atoms with Gasteiger partial charge in [-0.25, -0.2) is 9.59 Å². The molecule has 0 spiro atoms. The van der Waals surface area contributed by atoms with E-state index in [9.17, 15) is 28.8 Å². The number of carbonyl (C=O) groups excluding carboxylic acids is 6. The third-order valence-electron chi connectivity index (χ3n) is 8.39. The Morgan fingerprint density at radius 3 is 1.83 bits per heavy atom. The van der Waals surface area contributed by atoms with Gasteiger partial charge in [-0.05, 0) is 63.0 Å². The summed E-state index contributed by atoms with van der Waals surface area (Å²) in [6.07, 6.45) is -0.161. The fraction of sp³-hybridized carbons (Fsp3) is 0.538. The van der Waals surface area contributed by atoms with E-state index >= 15 is 0 Å². The van der Waals surface area contributed by atoms with Crippen LogP contribution in [-0.4, -0.2) is 77.0 Å². The molecular formula is C39H54N4O9. The topological polar surface area (TPSA) is 169 Å². The van der Waals surface area contributed by atoms with Gasteiger partial charge in [0, 0.05) is 13.0 Å². The van der Waals surface area contributed by atoms with Crippen LogP contribution in [0.1, 0.15) is 85.3 Å². The smallest absolute Gasteiger partial charge is 0.408 e. The first-order chi connectivity index (χ1) is 24.6. The Morgan fingerprint density at radius 1 is 0.750 bits per heavy atom. The van der Waals surface area contributed by atoms with E-state index in [0.29, 0.717) is 19.4 Å². The summed E-state index contributed by atoms with van der Waals surface area (Å²) in [5.74, 6) is -3.62. The lowest BCUT2D eigenvalue weighted by Gasteiger charge is -2.32. The molecule has 0 aliphatic carbocycles. The van der Waals surface area contributed by atoms with Crippen LogP contribution in [0.4, 0.5) is 4.79 Å². The number of benzene rings is 2. The number of esters is 2. The zero-order valence-corrected chi connectivity index (χ0v) is 31.3. The summed E-state index contributed by atoms with van der Waals surface area (Å²) in [4.78, 5) is 81.2. The standard InChI is InChI=1S/C39H54N4O9/c1-25(2)32(41-34(45)29(20-21-31(44)52-39(5,6)7)40-38(49)51-24-28-17-12-9-13-18-28)35(46)42-33(26(3)4)36(47)43-22-14-19-30(43)37(48)50-23-27-15-10-8-11-16-27/h8-13,15-18,25-26,29-30,32-33H,14,19-24H2,1-7H3,(H,40,49)(H,41,45)(H,42,46)/t29-,30-,32-,33-/m0/s1. The maximum Gasteiger partial charge on any atom is 0.408 e. The molecule has 52 heavy (non-hydrogen) atoms. The van der Waals surface area contributed by atoms with Crippen LogP contribution >= 0.6 is 0 Å². The third-order valence-corrected chi connectivity index (χ3v) is 8.39. The van der Waals surface area contributed by atoms with Gasteiger partial charge in [0.25, 0.3) is 0 Å². The molecule has 3 N–H and O–H groups in total. The van der Waals surface area contributed by atoms with Gasteiger partial charge in [-0.3, -0.25) is 19.2 Å². The first kappa shape index (κ1) is 41.5. The van der Waals surface area contributed by atoms with Gasteiger partial charge in [-0.1, -0.05) is 88.4 Å². The van der Waals surface area contributed by atoms with Crippen molar-refractivity contribution in [3.05, 3.63) is 71.8 Å². The van der Waals surface area contributed by atoms with Crippen LogP contribution in [0.25, 0.3) is 0 Å². The number of hydrogen-bond acceptors (Lipinski definition) is 9. The van der Waals surface area contributed by atoms with E-state index in [1.165, 1.54) is 4.90 Å². The summed E-state index contributed by atoms with van der Waals surface area (Å²) in [6.45, 7) is 12.5. The van der Waals surface area contributed by atoms with E-state index < -0.39 is 71.4 Å². The van der Waals surface area contributed by atoms with Gasteiger partial charge >= 0.3 is 18.0 Å². The molecule has 4 amide bonds. The largest absolute Gasteiger partial charge is 0.460 e. The Hall–Kier alpha value is -4.94. The van der Waals surface area contributed by atoms with E-state index in [1.54, 1.807) is 72.7 Å². The molecule has 3 rings (SSSR count). The van der Waals surface area contributed by atoms with Crippen molar-refractivity contribution >= 4 is 35.8 Å². The van der Waals surface area contributed by atoms with Crippen molar-refractivity contribution in [2.24, 2.45) is 11.8 Å². The highest BCUT2D eigenvalue weighted by Gasteiger charge is 2.40. The molecule has 4 atom stereocenters. The zero-order valence-electron chi connectivity index (χ0n) is 31.3. The van der Waals surface area contributed by atoms with Crippen molar-refractivity contribution in [3.63, 3.8) is 0 Å². The maximum absolute atomic E-state index is 13.9. The summed E-state index contributed by atoms with van der Waals surface area (Å²) < 4.78 is 16.2. The van der Waals surface area contributed by atoms with Gasteiger partial charge in [-0.15, -0.1) is 0 Å². The van der Waals surface area contributed by atoms with Crippen LogP contribution in [0.5, 0.6) is 0 Å². The predicted octanol–water partition coefficient (Wildman–Crippen LogP) is 4.42. The minimum atomic E-state index is -1.25. The summed E-state index contributed by atoms with van der Waals surface area (Å²) in [5, 5.41) is 8.04. The summed E-state index contributed by atoms with van der Waals surface area (Å²) >= 11 is 0. The molecule has 0 saturated carbocycles. The molecule has 284 valence electrons. The zero-order chi connectivity index (χ0) is 38.4. The highest BCUT2D eigenvalue weighted by molar-refractivity contribution is 5.95. The minimum Gasteiger partial charge on any atom is -0.460 e. The monoisotopic (exact) mass is 722 g/mol. The maximum atomic E-state index is 13.9. The molecule has 1 fully saturated rings. The molecule has 13 nitrogen and oxygen atoms in total. The lowest BCUT2D eigenvalue weighted by molar-refractivity contribution is -0.156. The molecule has 1 aliphatic heterocycles. The highest BCUT2D eigenvalue weighted by atomic mass is 16.6. The lowest BCUT2D eigenvalue weighted by Crippen LogP contribution is -2.60. The Morgan fingerprint density at radius 2 is 1.29 bits per heavy atom. The molecule has 13 heteroatoms. The van der Waals surface area contributed by atoms with E-state index in [1.807, 2.05) is 36.4 Å². The number of hydrogen-bond donors (Lipinski definition) is 3. The highest BCUT2D eigenvalue weighted by Crippen LogP contribution is 2.22. The quantitative estimate of drug-likeness (QED) is 0.168. The third kappa shape index (κ3) is 13.3.